The van der Waals surface area contributed by atoms with Gasteiger partial charge in [-0.15, -0.1) is 0 Å². The molecule has 1 N–H and O–H groups in total. The van der Waals surface area contributed by atoms with Gasteiger partial charge in [0.2, 0.25) is 0 Å². The fraction of sp³-hybridized carbons (Fsp3) is 0. The number of nitrogens with zero attached hydrogens (tertiary/aromatic N) is 2. The molecule has 0 saturated carbocycles. The van der Waals surface area contributed by atoms with Crippen LogP contribution in [0.2, 0.25) is 5.15 Å². The van der Waals surface area contributed by atoms with Crippen LogP contribution in [-0.4, -0.2) is 4.98 Å². The molecule has 0 aliphatic rings. The minimum Gasteiger partial charge on any atom is -0.311 e. The predicted molar refractivity (Wildman–Crippen MR) is 51.6 cm³/mol. The van der Waals surface area contributed by atoms with Crippen molar-refractivity contribution >= 4 is 40.3 Å². The zero-order valence-electron chi connectivity index (χ0n) is 5.61. The summed E-state index contributed by atoms with van der Waals surface area (Å²) in [5.41, 5.74) is 0.0320. The fourth-order valence-corrected chi connectivity index (χ4v) is 1.17. The Morgan fingerprint density at radius 2 is 2.42 bits per heavy atom. The highest BCUT2D eigenvalue weighted by Crippen LogP contribution is 2.20. The lowest BCUT2D eigenvalue weighted by atomic mass is 10.3. The lowest BCUT2D eigenvalue weighted by Crippen LogP contribution is -1.93. The van der Waals surface area contributed by atoms with Crippen molar-refractivity contribution in [2.45, 2.75) is 0 Å². The summed E-state index contributed by atoms with van der Waals surface area (Å²) < 4.78 is 15.4. The van der Waals surface area contributed by atoms with Crippen LogP contribution in [0.4, 0.5) is 10.2 Å². The van der Waals surface area contributed by atoms with E-state index in [1.165, 1.54) is 0 Å². The number of hydrogen-bond acceptors (Lipinski definition) is 3. The van der Waals surface area contributed by atoms with Crippen LogP contribution in [0.5, 0.6) is 0 Å². The third kappa shape index (κ3) is 1.76. The molecule has 0 unspecified atom stereocenters. The summed E-state index contributed by atoms with van der Waals surface area (Å²) in [6.07, 6.45) is 0. The first-order valence-corrected chi connectivity index (χ1v) is 4.27. The first kappa shape index (κ1) is 9.48. The molecule has 0 radical (unpaired) electrons. The summed E-state index contributed by atoms with van der Waals surface area (Å²) >= 11 is 7.26. The molecular formula is C6H2ClFIN3. The van der Waals surface area contributed by atoms with Crippen molar-refractivity contribution in [3.8, 4) is 6.07 Å². The van der Waals surface area contributed by atoms with Gasteiger partial charge in [-0.2, -0.15) is 5.26 Å². The fourth-order valence-electron chi connectivity index (χ4n) is 0.611. The van der Waals surface area contributed by atoms with Crippen LogP contribution in [0.3, 0.4) is 0 Å². The minimum absolute atomic E-state index is 0.00179. The molecule has 0 amide bonds. The zero-order chi connectivity index (χ0) is 9.14. The number of aromatic nitrogens is 1. The molecule has 0 spiro atoms. The molecule has 0 atom stereocenters. The Balaban J connectivity index is 3.28. The third-order valence-corrected chi connectivity index (χ3v) is 1.94. The molecule has 6 heteroatoms. The second kappa shape index (κ2) is 3.87. The monoisotopic (exact) mass is 297 g/mol. The van der Waals surface area contributed by atoms with Crippen molar-refractivity contribution in [1.82, 2.24) is 4.98 Å². The largest absolute Gasteiger partial charge is 0.311 e. The summed E-state index contributed by atoms with van der Waals surface area (Å²) in [5, 5.41) is 8.44. The van der Waals surface area contributed by atoms with Gasteiger partial charge in [-0.3, -0.25) is 0 Å². The maximum Gasteiger partial charge on any atom is 0.172 e. The predicted octanol–water partition coefficient (Wildman–Crippen LogP) is 2.51. The van der Waals surface area contributed by atoms with E-state index in [9.17, 15) is 4.39 Å². The van der Waals surface area contributed by atoms with Gasteiger partial charge < -0.3 is 3.53 Å². The van der Waals surface area contributed by atoms with Gasteiger partial charge in [-0.05, 0) is 6.07 Å². The topological polar surface area (TPSA) is 48.7 Å². The molecule has 1 rings (SSSR count). The van der Waals surface area contributed by atoms with Gasteiger partial charge in [0.15, 0.2) is 11.6 Å². The van der Waals surface area contributed by atoms with Crippen molar-refractivity contribution in [2.24, 2.45) is 0 Å². The third-order valence-electron chi connectivity index (χ3n) is 1.14. The van der Waals surface area contributed by atoms with Crippen LogP contribution >= 0.6 is 34.5 Å². The van der Waals surface area contributed by atoms with E-state index in [-0.39, 0.29) is 16.5 Å². The molecule has 1 aromatic rings. The van der Waals surface area contributed by atoms with Crippen LogP contribution in [-0.2, 0) is 0 Å². The zero-order valence-corrected chi connectivity index (χ0v) is 8.52. The van der Waals surface area contributed by atoms with Crippen molar-refractivity contribution < 1.29 is 4.39 Å². The average molecular weight is 297 g/mol. The van der Waals surface area contributed by atoms with Crippen molar-refractivity contribution in [3.05, 3.63) is 22.6 Å². The van der Waals surface area contributed by atoms with E-state index < -0.39 is 5.82 Å². The molecule has 0 bridgehead atoms. The van der Waals surface area contributed by atoms with Gasteiger partial charge in [-0.1, -0.05) is 11.6 Å². The van der Waals surface area contributed by atoms with Crippen LogP contribution in [0, 0.1) is 17.1 Å². The quantitative estimate of drug-likeness (QED) is 0.492. The van der Waals surface area contributed by atoms with Gasteiger partial charge in [0, 0.05) is 0 Å². The molecule has 12 heavy (non-hydrogen) atoms. The number of anilines is 1. The molecule has 3 nitrogen and oxygen atoms in total. The van der Waals surface area contributed by atoms with Gasteiger partial charge in [0.25, 0.3) is 0 Å². The summed E-state index contributed by atoms with van der Waals surface area (Å²) in [5.74, 6) is -0.565. The van der Waals surface area contributed by atoms with Crippen LogP contribution in [0.25, 0.3) is 0 Å². The summed E-state index contributed by atoms with van der Waals surface area (Å²) in [6, 6.07) is 2.76. The molecule has 0 aliphatic carbocycles. The Morgan fingerprint density at radius 3 is 2.92 bits per heavy atom. The molecule has 0 aliphatic heterocycles. The Bertz CT molecular complexity index is 349. The number of nitriles is 1. The van der Waals surface area contributed by atoms with E-state index in [1.54, 1.807) is 28.9 Å². The van der Waals surface area contributed by atoms with E-state index in [0.29, 0.717) is 0 Å². The van der Waals surface area contributed by atoms with E-state index in [1.807, 2.05) is 0 Å². The van der Waals surface area contributed by atoms with Gasteiger partial charge in [0.1, 0.15) is 11.2 Å². The van der Waals surface area contributed by atoms with Gasteiger partial charge in [0.05, 0.1) is 28.4 Å². The summed E-state index contributed by atoms with van der Waals surface area (Å²) in [6.45, 7) is 0. The van der Waals surface area contributed by atoms with E-state index >= 15 is 0 Å². The first-order valence-electron chi connectivity index (χ1n) is 2.82. The normalized spacial score (nSPS) is 9.17. The maximum atomic E-state index is 12.9. The summed E-state index contributed by atoms with van der Waals surface area (Å²) in [7, 11) is 0. The van der Waals surface area contributed by atoms with Crippen LogP contribution in [0.1, 0.15) is 5.56 Å². The highest BCUT2D eigenvalue weighted by Gasteiger charge is 2.08. The SMILES string of the molecule is N#Cc1cc(F)c(NI)nc1Cl. The van der Waals surface area contributed by atoms with Gasteiger partial charge >= 0.3 is 0 Å². The maximum absolute atomic E-state index is 12.9. The standard InChI is InChI=1S/C6H2ClFIN3/c7-5-3(2-10)1-4(8)6(11-5)12-9/h1H,(H,11,12). The smallest absolute Gasteiger partial charge is 0.172 e. The summed E-state index contributed by atoms with van der Waals surface area (Å²) in [4.78, 5) is 3.61. The molecule has 0 aromatic carbocycles. The molecule has 62 valence electrons. The molecular weight excluding hydrogens is 295 g/mol. The van der Waals surface area contributed by atoms with Crippen LogP contribution in [0.15, 0.2) is 6.07 Å². The first-order chi connectivity index (χ1) is 5.69. The highest BCUT2D eigenvalue weighted by molar-refractivity contribution is 14.1. The van der Waals surface area contributed by atoms with E-state index in [2.05, 4.69) is 8.51 Å². The molecule has 0 saturated heterocycles. The number of rotatable bonds is 1. The molecule has 1 heterocycles. The minimum atomic E-state index is -0.592. The van der Waals surface area contributed by atoms with Crippen molar-refractivity contribution in [2.75, 3.05) is 3.53 Å². The molecule has 1 aromatic heterocycles. The number of nitrogens with one attached hydrogen (secondary N) is 1. The van der Waals surface area contributed by atoms with Crippen molar-refractivity contribution in [1.29, 1.82) is 5.26 Å². The second-order valence-corrected chi connectivity index (χ2v) is 2.76. The van der Waals surface area contributed by atoms with Crippen molar-refractivity contribution in [3.63, 3.8) is 0 Å². The van der Waals surface area contributed by atoms with Gasteiger partial charge in [-0.25, -0.2) is 9.37 Å². The lowest BCUT2D eigenvalue weighted by molar-refractivity contribution is 0.627. The second-order valence-electron chi connectivity index (χ2n) is 1.86. The number of halogens is 3. The Kier molecular flexibility index (Phi) is 3.05. The van der Waals surface area contributed by atoms with Crippen LogP contribution < -0.4 is 3.53 Å². The Labute approximate surface area is 87.0 Å². The number of hydrogen-bond donors (Lipinski definition) is 1. The Morgan fingerprint density at radius 1 is 1.75 bits per heavy atom. The van der Waals surface area contributed by atoms with E-state index in [0.717, 1.165) is 6.07 Å². The number of pyridine rings is 1. The average Bonchev–Trinajstić information content (AvgIpc) is 2.08. The van der Waals surface area contributed by atoms with E-state index in [4.69, 9.17) is 16.9 Å². The Hall–Kier alpha value is -0.610. The molecule has 0 fully saturated rings. The lowest BCUT2D eigenvalue weighted by Gasteiger charge is -2.00. The highest BCUT2D eigenvalue weighted by atomic mass is 127.